The molecule has 6 nitrogen and oxygen atoms in total. The second-order valence-corrected chi connectivity index (χ2v) is 3.08. The van der Waals surface area contributed by atoms with Gasteiger partial charge in [0.2, 0.25) is 5.75 Å². The van der Waals surface area contributed by atoms with Crippen molar-refractivity contribution in [3.63, 3.8) is 0 Å². The van der Waals surface area contributed by atoms with Crippen molar-refractivity contribution >= 4 is 11.9 Å². The van der Waals surface area contributed by atoms with Gasteiger partial charge in [0.05, 0.1) is 4.92 Å². The van der Waals surface area contributed by atoms with Gasteiger partial charge in [-0.3, -0.25) is 15.1 Å². The van der Waals surface area contributed by atoms with E-state index in [9.17, 15) is 15.2 Å². The number of hydrogen-bond acceptors (Lipinski definition) is 5. The van der Waals surface area contributed by atoms with E-state index in [1.165, 1.54) is 24.4 Å². The van der Waals surface area contributed by atoms with E-state index in [2.05, 4.69) is 4.99 Å². The van der Waals surface area contributed by atoms with E-state index in [4.69, 9.17) is 5.11 Å². The maximum atomic E-state index is 10.5. The number of aliphatic hydroxyl groups is 1. The van der Waals surface area contributed by atoms with Crippen LogP contribution in [0.5, 0.6) is 5.75 Å². The molecule has 86 valence electrons. The van der Waals surface area contributed by atoms with Crippen molar-refractivity contribution in [1.29, 1.82) is 0 Å². The molecule has 1 aromatic carbocycles. The van der Waals surface area contributed by atoms with Crippen LogP contribution in [-0.4, -0.2) is 34.5 Å². The SMILES string of the molecule is O=[N+]([O-])c1cccc(C=NCCCO)c1O. The number of hydrogen-bond donors (Lipinski definition) is 2. The Morgan fingerprint density at radius 3 is 2.88 bits per heavy atom. The van der Waals surface area contributed by atoms with Crippen LogP contribution in [0.3, 0.4) is 0 Å². The number of nitro benzene ring substituents is 1. The first-order chi connectivity index (χ1) is 7.66. The summed E-state index contributed by atoms with van der Waals surface area (Å²) in [7, 11) is 0. The van der Waals surface area contributed by atoms with E-state index in [-0.39, 0.29) is 18.0 Å². The van der Waals surface area contributed by atoms with Crippen LogP contribution in [0.25, 0.3) is 0 Å². The first kappa shape index (κ1) is 12.1. The highest BCUT2D eigenvalue weighted by molar-refractivity contribution is 5.85. The van der Waals surface area contributed by atoms with Crippen molar-refractivity contribution in [2.24, 2.45) is 4.99 Å². The van der Waals surface area contributed by atoms with Gasteiger partial charge in [-0.25, -0.2) is 0 Å². The Morgan fingerprint density at radius 1 is 1.50 bits per heavy atom. The highest BCUT2D eigenvalue weighted by Crippen LogP contribution is 2.27. The number of phenols is 1. The van der Waals surface area contributed by atoms with Gasteiger partial charge < -0.3 is 10.2 Å². The zero-order valence-corrected chi connectivity index (χ0v) is 8.54. The van der Waals surface area contributed by atoms with Crippen LogP contribution in [0.1, 0.15) is 12.0 Å². The summed E-state index contributed by atoms with van der Waals surface area (Å²) >= 11 is 0. The maximum Gasteiger partial charge on any atom is 0.311 e. The lowest BCUT2D eigenvalue weighted by Gasteiger charge is -1.99. The Labute approximate surface area is 92.0 Å². The van der Waals surface area contributed by atoms with Gasteiger partial charge in [0, 0.05) is 31.0 Å². The molecule has 0 saturated heterocycles. The first-order valence-corrected chi connectivity index (χ1v) is 4.74. The monoisotopic (exact) mass is 224 g/mol. The zero-order valence-electron chi connectivity index (χ0n) is 8.54. The number of nitro groups is 1. The van der Waals surface area contributed by atoms with E-state index in [0.717, 1.165) is 0 Å². The third-order valence-corrected chi connectivity index (χ3v) is 1.92. The molecule has 0 fully saturated rings. The Kier molecular flexibility index (Phi) is 4.41. The third kappa shape index (κ3) is 3.03. The van der Waals surface area contributed by atoms with E-state index >= 15 is 0 Å². The van der Waals surface area contributed by atoms with Gasteiger partial charge >= 0.3 is 5.69 Å². The van der Waals surface area contributed by atoms with Crippen LogP contribution >= 0.6 is 0 Å². The average Bonchev–Trinajstić information content (AvgIpc) is 2.26. The van der Waals surface area contributed by atoms with Crippen LogP contribution in [0.15, 0.2) is 23.2 Å². The molecule has 0 spiro atoms. The number of para-hydroxylation sites is 1. The molecule has 0 saturated carbocycles. The minimum absolute atomic E-state index is 0.0399. The molecular weight excluding hydrogens is 212 g/mol. The molecule has 2 N–H and O–H groups in total. The molecule has 0 atom stereocenters. The molecular formula is C10H12N2O4. The molecule has 0 heterocycles. The first-order valence-electron chi connectivity index (χ1n) is 4.74. The van der Waals surface area contributed by atoms with Crippen molar-refractivity contribution in [2.75, 3.05) is 13.2 Å². The highest BCUT2D eigenvalue weighted by atomic mass is 16.6. The lowest BCUT2D eigenvalue weighted by molar-refractivity contribution is -0.385. The molecule has 6 heteroatoms. The fourth-order valence-electron chi connectivity index (χ4n) is 1.13. The predicted molar refractivity (Wildman–Crippen MR) is 58.9 cm³/mol. The maximum absolute atomic E-state index is 10.5. The number of benzene rings is 1. The molecule has 0 aliphatic heterocycles. The number of nitrogens with zero attached hydrogens (tertiary/aromatic N) is 2. The predicted octanol–water partition coefficient (Wildman–Crippen LogP) is 1.10. The molecule has 0 unspecified atom stereocenters. The second kappa shape index (κ2) is 5.82. The summed E-state index contributed by atoms with van der Waals surface area (Å²) in [5.41, 5.74) is -0.0433. The van der Waals surface area contributed by atoms with Gasteiger partial charge in [-0.15, -0.1) is 0 Å². The Balaban J connectivity index is 2.85. The molecule has 0 radical (unpaired) electrons. The third-order valence-electron chi connectivity index (χ3n) is 1.92. The van der Waals surface area contributed by atoms with Gasteiger partial charge in [0.15, 0.2) is 0 Å². The minimum Gasteiger partial charge on any atom is -0.502 e. The normalized spacial score (nSPS) is 10.8. The number of phenolic OH excluding ortho intramolecular Hbond substituents is 1. The highest BCUT2D eigenvalue weighted by Gasteiger charge is 2.14. The van der Waals surface area contributed by atoms with Crippen molar-refractivity contribution < 1.29 is 15.1 Å². The summed E-state index contributed by atoms with van der Waals surface area (Å²) in [4.78, 5) is 13.8. The topological polar surface area (TPSA) is 96.0 Å². The summed E-state index contributed by atoms with van der Waals surface area (Å²) in [6.45, 7) is 0.455. The second-order valence-electron chi connectivity index (χ2n) is 3.08. The van der Waals surface area contributed by atoms with Gasteiger partial charge in [-0.2, -0.15) is 0 Å². The van der Waals surface area contributed by atoms with Crippen molar-refractivity contribution in [1.82, 2.24) is 0 Å². The number of aromatic hydroxyl groups is 1. The van der Waals surface area contributed by atoms with Crippen LogP contribution in [-0.2, 0) is 0 Å². The Morgan fingerprint density at radius 2 is 2.25 bits per heavy atom. The largest absolute Gasteiger partial charge is 0.502 e. The molecule has 1 aromatic rings. The average molecular weight is 224 g/mol. The fourth-order valence-corrected chi connectivity index (χ4v) is 1.13. The quantitative estimate of drug-likeness (QED) is 0.339. The minimum atomic E-state index is -0.652. The smallest absolute Gasteiger partial charge is 0.311 e. The Bertz CT molecular complexity index is 404. The van der Waals surface area contributed by atoms with E-state index in [1.54, 1.807) is 0 Å². The molecule has 1 rings (SSSR count). The van der Waals surface area contributed by atoms with Crippen LogP contribution < -0.4 is 0 Å². The fraction of sp³-hybridized carbons (Fsp3) is 0.300. The van der Waals surface area contributed by atoms with Gasteiger partial charge in [-0.1, -0.05) is 6.07 Å². The van der Waals surface area contributed by atoms with Gasteiger partial charge in [0.1, 0.15) is 0 Å². The van der Waals surface area contributed by atoms with E-state index < -0.39 is 4.92 Å². The van der Waals surface area contributed by atoms with Crippen molar-refractivity contribution in [3.05, 3.63) is 33.9 Å². The van der Waals surface area contributed by atoms with Crippen molar-refractivity contribution in [3.8, 4) is 5.75 Å². The zero-order chi connectivity index (χ0) is 12.0. The van der Waals surface area contributed by atoms with Crippen LogP contribution in [0.4, 0.5) is 5.69 Å². The summed E-state index contributed by atoms with van der Waals surface area (Å²) in [5, 5.41) is 28.6. The summed E-state index contributed by atoms with van der Waals surface area (Å²) < 4.78 is 0. The number of rotatable bonds is 5. The van der Waals surface area contributed by atoms with Gasteiger partial charge in [0.25, 0.3) is 0 Å². The molecule has 0 bridgehead atoms. The molecule has 16 heavy (non-hydrogen) atoms. The molecule has 0 aliphatic carbocycles. The standard InChI is InChI=1S/C10H12N2O4/c13-6-2-5-11-7-8-3-1-4-9(10(8)14)12(15)16/h1,3-4,7,13-14H,2,5-6H2. The lowest BCUT2D eigenvalue weighted by Crippen LogP contribution is -1.93. The van der Waals surface area contributed by atoms with Crippen molar-refractivity contribution in [2.45, 2.75) is 6.42 Å². The Hall–Kier alpha value is -1.95. The number of aliphatic imine (C=N–C) groups is 1. The molecule has 0 aromatic heterocycles. The molecule has 0 amide bonds. The van der Waals surface area contributed by atoms with Crippen LogP contribution in [0.2, 0.25) is 0 Å². The lowest BCUT2D eigenvalue weighted by atomic mass is 10.2. The summed E-state index contributed by atoms with van der Waals surface area (Å²) in [6, 6.07) is 4.23. The van der Waals surface area contributed by atoms with E-state index in [1.807, 2.05) is 0 Å². The van der Waals surface area contributed by atoms with Crippen LogP contribution in [0, 0.1) is 10.1 Å². The van der Waals surface area contributed by atoms with Gasteiger partial charge in [-0.05, 0) is 12.5 Å². The van der Waals surface area contributed by atoms with E-state index in [0.29, 0.717) is 18.5 Å². The summed E-state index contributed by atoms with van der Waals surface area (Å²) in [6.07, 6.45) is 1.88. The molecule has 0 aliphatic rings. The summed E-state index contributed by atoms with van der Waals surface area (Å²) in [5.74, 6) is -0.389. The number of aliphatic hydroxyl groups excluding tert-OH is 1.